The number of hydrogen-bond donors (Lipinski definition) is 2. The number of aliphatic hydroxyl groups excluding tert-OH is 2. The topological polar surface area (TPSA) is 145 Å². The van der Waals surface area contributed by atoms with Crippen LogP contribution in [0.1, 0.15) is 13.8 Å². The number of esters is 2. The SMILES string of the molecule is C=C(C)C(=O)OCC(O)CSc1nnc(SSc2nnc(SCC(O)COC(=O)C(=C)C)s2)s1. The van der Waals surface area contributed by atoms with Gasteiger partial charge in [0.2, 0.25) is 0 Å². The van der Waals surface area contributed by atoms with Gasteiger partial charge in [0.05, 0.1) is 12.2 Å². The van der Waals surface area contributed by atoms with Gasteiger partial charge in [-0.15, -0.1) is 20.4 Å². The molecule has 16 heteroatoms. The fourth-order valence-electron chi connectivity index (χ4n) is 1.67. The highest BCUT2D eigenvalue weighted by Gasteiger charge is 2.15. The molecule has 0 aliphatic heterocycles. The molecule has 0 radical (unpaired) electrons. The molecule has 0 bridgehead atoms. The average Bonchev–Trinajstić information content (AvgIpc) is 3.45. The summed E-state index contributed by atoms with van der Waals surface area (Å²) in [6, 6.07) is 0. The quantitative estimate of drug-likeness (QED) is 0.137. The van der Waals surface area contributed by atoms with Crippen LogP contribution in [0.25, 0.3) is 0 Å². The lowest BCUT2D eigenvalue weighted by Crippen LogP contribution is -2.21. The molecule has 0 aliphatic carbocycles. The number of aliphatic hydroxyl groups is 2. The molecule has 2 heterocycles. The Labute approximate surface area is 220 Å². The van der Waals surface area contributed by atoms with E-state index in [0.717, 1.165) is 8.68 Å². The summed E-state index contributed by atoms with van der Waals surface area (Å²) in [5.41, 5.74) is 0.562. The van der Waals surface area contributed by atoms with Gasteiger partial charge >= 0.3 is 11.9 Å². The van der Waals surface area contributed by atoms with E-state index in [0.29, 0.717) is 20.2 Å². The first-order valence-electron chi connectivity index (χ1n) is 9.42. The summed E-state index contributed by atoms with van der Waals surface area (Å²) in [5, 5.41) is 36.2. The monoisotopic (exact) mass is 582 g/mol. The highest BCUT2D eigenvalue weighted by atomic mass is 33.1. The third kappa shape index (κ3) is 11.1. The predicted molar refractivity (Wildman–Crippen MR) is 137 cm³/mol. The molecule has 0 spiro atoms. The second-order valence-corrected chi connectivity index (χ2v) is 13.6. The molecule has 0 aliphatic rings. The average molecular weight is 583 g/mol. The van der Waals surface area contributed by atoms with Crippen LogP contribution in [0.5, 0.6) is 0 Å². The number of nitrogens with zero attached hydrogens (tertiary/aromatic N) is 4. The molecule has 0 fully saturated rings. The Morgan fingerprint density at radius 3 is 1.50 bits per heavy atom. The molecule has 2 aromatic heterocycles. The summed E-state index contributed by atoms with van der Waals surface area (Å²) in [6.07, 6.45) is -1.65. The van der Waals surface area contributed by atoms with Gasteiger partial charge in [0.25, 0.3) is 0 Å². The van der Waals surface area contributed by atoms with E-state index in [1.807, 2.05) is 0 Å². The van der Waals surface area contributed by atoms with Crippen molar-refractivity contribution in [3.8, 4) is 0 Å². The zero-order valence-electron chi connectivity index (χ0n) is 18.2. The summed E-state index contributed by atoms with van der Waals surface area (Å²) in [7, 11) is 2.78. The Hall–Kier alpha value is -1.14. The summed E-state index contributed by atoms with van der Waals surface area (Å²) in [4.78, 5) is 22.7. The Morgan fingerprint density at radius 2 is 1.15 bits per heavy atom. The molecule has 0 amide bonds. The number of ether oxygens (including phenoxy) is 2. The fraction of sp³-hybridized carbons (Fsp3) is 0.444. The van der Waals surface area contributed by atoms with Crippen LogP contribution in [-0.4, -0.2) is 79.5 Å². The number of rotatable bonds is 15. The highest BCUT2D eigenvalue weighted by molar-refractivity contribution is 8.77. The third-order valence-electron chi connectivity index (χ3n) is 3.27. The molecular weight excluding hydrogens is 561 g/mol. The van der Waals surface area contributed by atoms with Crippen molar-refractivity contribution in [2.75, 3.05) is 24.7 Å². The van der Waals surface area contributed by atoms with Gasteiger partial charge < -0.3 is 19.7 Å². The number of hydrogen-bond acceptors (Lipinski definition) is 16. The van der Waals surface area contributed by atoms with Gasteiger partial charge in [0.15, 0.2) is 17.4 Å². The minimum atomic E-state index is -0.823. The Balaban J connectivity index is 1.68. The fourth-order valence-corrected chi connectivity index (χ4v) is 7.91. The predicted octanol–water partition coefficient (Wildman–Crippen LogP) is 3.33. The van der Waals surface area contributed by atoms with Crippen molar-refractivity contribution in [1.29, 1.82) is 0 Å². The molecular formula is C18H22N4O6S6. The van der Waals surface area contributed by atoms with Crippen LogP contribution in [0.2, 0.25) is 0 Å². The van der Waals surface area contributed by atoms with Crippen molar-refractivity contribution in [1.82, 2.24) is 20.4 Å². The summed E-state index contributed by atoms with van der Waals surface area (Å²) in [5.74, 6) is -0.445. The lowest BCUT2D eigenvalue weighted by Gasteiger charge is -2.09. The van der Waals surface area contributed by atoms with Crippen molar-refractivity contribution in [3.63, 3.8) is 0 Å². The number of aromatic nitrogens is 4. The van der Waals surface area contributed by atoms with Crippen LogP contribution in [0.4, 0.5) is 0 Å². The highest BCUT2D eigenvalue weighted by Crippen LogP contribution is 2.42. The van der Waals surface area contributed by atoms with Crippen LogP contribution in [0.3, 0.4) is 0 Å². The van der Waals surface area contributed by atoms with E-state index in [2.05, 4.69) is 33.6 Å². The lowest BCUT2D eigenvalue weighted by molar-refractivity contribution is -0.142. The van der Waals surface area contributed by atoms with Gasteiger partial charge in [0, 0.05) is 22.7 Å². The molecule has 2 unspecified atom stereocenters. The maximum absolute atomic E-state index is 11.3. The van der Waals surface area contributed by atoms with Crippen molar-refractivity contribution in [2.24, 2.45) is 0 Å². The van der Waals surface area contributed by atoms with Gasteiger partial charge in [-0.25, -0.2) is 9.59 Å². The lowest BCUT2D eigenvalue weighted by atomic mass is 10.3. The minimum Gasteiger partial charge on any atom is -0.460 e. The Bertz CT molecular complexity index is 921. The van der Waals surface area contributed by atoms with Gasteiger partial charge in [-0.2, -0.15) is 0 Å². The molecule has 0 saturated carbocycles. The van der Waals surface area contributed by atoms with Crippen LogP contribution in [0, 0.1) is 0 Å². The van der Waals surface area contributed by atoms with E-state index >= 15 is 0 Å². The second kappa shape index (κ2) is 15.1. The van der Waals surface area contributed by atoms with Gasteiger partial charge in [-0.05, 0) is 35.4 Å². The van der Waals surface area contributed by atoms with Crippen LogP contribution < -0.4 is 0 Å². The number of thioether (sulfide) groups is 2. The molecule has 2 rings (SSSR count). The van der Waals surface area contributed by atoms with E-state index < -0.39 is 24.1 Å². The van der Waals surface area contributed by atoms with Crippen LogP contribution in [-0.2, 0) is 19.1 Å². The molecule has 34 heavy (non-hydrogen) atoms. The minimum absolute atomic E-state index is 0.108. The smallest absolute Gasteiger partial charge is 0.333 e. The zero-order valence-corrected chi connectivity index (χ0v) is 23.1. The van der Waals surface area contributed by atoms with Crippen molar-refractivity contribution >= 4 is 79.7 Å². The normalized spacial score (nSPS) is 12.7. The van der Waals surface area contributed by atoms with Crippen molar-refractivity contribution < 1.29 is 29.3 Å². The molecule has 10 nitrogen and oxygen atoms in total. The van der Waals surface area contributed by atoms with Gasteiger partial charge in [-0.1, -0.05) is 59.4 Å². The van der Waals surface area contributed by atoms with E-state index in [4.69, 9.17) is 9.47 Å². The zero-order chi connectivity index (χ0) is 25.1. The first kappa shape index (κ1) is 29.1. The van der Waals surface area contributed by atoms with Crippen LogP contribution >= 0.6 is 67.8 Å². The standard InChI is InChI=1S/C18H22N4O6S6/c1-9(2)13(25)27-5-11(23)7-29-15-19-21-17(31-15)33-34-18-22-20-16(32-18)30-8-12(24)6-28-14(26)10(3)4/h11-12,23-24H,1,3,5-8H2,2,4H3. The molecule has 2 aromatic rings. The van der Waals surface area contributed by atoms with E-state index in [9.17, 15) is 19.8 Å². The Morgan fingerprint density at radius 1 is 0.794 bits per heavy atom. The molecule has 2 atom stereocenters. The van der Waals surface area contributed by atoms with E-state index in [1.54, 1.807) is 13.8 Å². The molecule has 0 saturated heterocycles. The second-order valence-electron chi connectivity index (χ2n) is 6.52. The largest absolute Gasteiger partial charge is 0.460 e. The Kier molecular flexibility index (Phi) is 12.9. The number of carbonyl (C=O) groups excluding carboxylic acids is 2. The maximum atomic E-state index is 11.3. The first-order valence-corrected chi connectivity index (χ1v) is 15.2. The number of carbonyl (C=O) groups is 2. The maximum Gasteiger partial charge on any atom is 0.333 e. The van der Waals surface area contributed by atoms with Crippen LogP contribution in [0.15, 0.2) is 41.7 Å². The molecule has 2 N–H and O–H groups in total. The van der Waals surface area contributed by atoms with E-state index in [1.165, 1.54) is 67.8 Å². The molecule has 186 valence electrons. The van der Waals surface area contributed by atoms with E-state index in [-0.39, 0.29) is 24.4 Å². The van der Waals surface area contributed by atoms with Crippen molar-refractivity contribution in [2.45, 2.75) is 43.4 Å². The third-order valence-corrected chi connectivity index (χ3v) is 10.6. The first-order chi connectivity index (χ1) is 16.1. The van der Waals surface area contributed by atoms with Gasteiger partial charge in [-0.3, -0.25) is 0 Å². The van der Waals surface area contributed by atoms with Gasteiger partial charge in [0.1, 0.15) is 13.2 Å². The summed E-state index contributed by atoms with van der Waals surface area (Å²) >= 11 is 5.39. The summed E-state index contributed by atoms with van der Waals surface area (Å²) < 4.78 is 12.6. The van der Waals surface area contributed by atoms with Crippen molar-refractivity contribution in [3.05, 3.63) is 24.3 Å². The summed E-state index contributed by atoms with van der Waals surface area (Å²) in [6.45, 7) is 9.84. The molecule has 0 aromatic carbocycles.